The lowest BCUT2D eigenvalue weighted by atomic mass is 10.2. The van der Waals surface area contributed by atoms with Crippen molar-refractivity contribution in [1.29, 1.82) is 0 Å². The predicted molar refractivity (Wildman–Crippen MR) is 63.4 cm³/mol. The van der Waals surface area contributed by atoms with Crippen LogP contribution in [-0.2, 0) is 0 Å². The van der Waals surface area contributed by atoms with Gasteiger partial charge in [-0.1, -0.05) is 12.1 Å². The smallest absolute Gasteiger partial charge is 0.254 e. The minimum atomic E-state index is 0.192. The van der Waals surface area contributed by atoms with E-state index in [-0.39, 0.29) is 5.91 Å². The summed E-state index contributed by atoms with van der Waals surface area (Å²) in [6.45, 7) is 1.84. The first kappa shape index (κ1) is 10.6. The summed E-state index contributed by atoms with van der Waals surface area (Å²) in [4.78, 5) is 15.2. The second-order valence-electron chi connectivity index (χ2n) is 3.70. The third-order valence-corrected chi connectivity index (χ3v) is 3.53. The third kappa shape index (κ3) is 2.17. The van der Waals surface area contributed by atoms with Crippen LogP contribution in [0.5, 0.6) is 0 Å². The summed E-state index contributed by atoms with van der Waals surface area (Å²) in [6, 6.07) is 7.84. The van der Waals surface area contributed by atoms with Crippen LogP contribution in [0.4, 0.5) is 0 Å². The highest BCUT2D eigenvalue weighted by Crippen LogP contribution is 2.22. The van der Waals surface area contributed by atoms with E-state index in [0.717, 1.165) is 36.4 Å². The van der Waals surface area contributed by atoms with Gasteiger partial charge in [-0.2, -0.15) is 0 Å². The van der Waals surface area contributed by atoms with Gasteiger partial charge in [0.15, 0.2) is 0 Å². The van der Waals surface area contributed by atoms with E-state index < -0.39 is 0 Å². The molecule has 1 heterocycles. The van der Waals surface area contributed by atoms with Crippen molar-refractivity contribution in [2.45, 2.75) is 17.7 Å². The molecule has 1 aromatic carbocycles. The number of thioether (sulfide) groups is 1. The molecular formula is C12H15NOS. The molecule has 1 aromatic rings. The van der Waals surface area contributed by atoms with Crippen molar-refractivity contribution < 1.29 is 4.79 Å². The van der Waals surface area contributed by atoms with Crippen LogP contribution in [0.15, 0.2) is 29.2 Å². The second kappa shape index (κ2) is 4.71. The first-order valence-corrected chi connectivity index (χ1v) is 6.47. The molecule has 0 bridgehead atoms. The van der Waals surface area contributed by atoms with Crippen molar-refractivity contribution in [3.8, 4) is 0 Å². The van der Waals surface area contributed by atoms with Gasteiger partial charge in [0.05, 0.1) is 5.56 Å². The molecule has 1 aliphatic heterocycles. The fourth-order valence-electron chi connectivity index (χ4n) is 1.91. The average Bonchev–Trinajstić information content (AvgIpc) is 2.81. The molecule has 0 spiro atoms. The lowest BCUT2D eigenvalue weighted by Gasteiger charge is -2.16. The fourth-order valence-corrected chi connectivity index (χ4v) is 2.50. The maximum absolute atomic E-state index is 12.1. The summed E-state index contributed by atoms with van der Waals surface area (Å²) in [5.41, 5.74) is 0.854. The number of hydrogen-bond acceptors (Lipinski definition) is 2. The molecule has 1 saturated heterocycles. The lowest BCUT2D eigenvalue weighted by molar-refractivity contribution is 0.0789. The number of carbonyl (C=O) groups excluding carboxylic acids is 1. The third-order valence-electron chi connectivity index (χ3n) is 2.73. The molecule has 0 aromatic heterocycles. The van der Waals surface area contributed by atoms with Gasteiger partial charge in [0.1, 0.15) is 0 Å². The summed E-state index contributed by atoms with van der Waals surface area (Å²) in [7, 11) is 0. The predicted octanol–water partition coefficient (Wildman–Crippen LogP) is 2.64. The quantitative estimate of drug-likeness (QED) is 0.716. The van der Waals surface area contributed by atoms with E-state index in [1.165, 1.54) is 0 Å². The number of nitrogens with zero attached hydrogens (tertiary/aromatic N) is 1. The van der Waals surface area contributed by atoms with Crippen molar-refractivity contribution in [2.24, 2.45) is 0 Å². The molecule has 0 radical (unpaired) electrons. The topological polar surface area (TPSA) is 20.3 Å². The van der Waals surface area contributed by atoms with Crippen LogP contribution in [0.2, 0.25) is 0 Å². The molecule has 2 rings (SSSR count). The van der Waals surface area contributed by atoms with Gasteiger partial charge < -0.3 is 4.90 Å². The highest BCUT2D eigenvalue weighted by atomic mass is 32.2. The number of amides is 1. The lowest BCUT2D eigenvalue weighted by Crippen LogP contribution is -2.27. The zero-order chi connectivity index (χ0) is 10.7. The monoisotopic (exact) mass is 221 g/mol. The molecule has 0 atom stereocenters. The summed E-state index contributed by atoms with van der Waals surface area (Å²) >= 11 is 1.64. The molecule has 0 saturated carbocycles. The zero-order valence-electron chi connectivity index (χ0n) is 8.90. The van der Waals surface area contributed by atoms with Gasteiger partial charge >= 0.3 is 0 Å². The van der Waals surface area contributed by atoms with Gasteiger partial charge in [-0.15, -0.1) is 11.8 Å². The Kier molecular flexibility index (Phi) is 3.31. The Morgan fingerprint density at radius 3 is 2.60 bits per heavy atom. The van der Waals surface area contributed by atoms with E-state index in [4.69, 9.17) is 0 Å². The van der Waals surface area contributed by atoms with E-state index in [0.29, 0.717) is 0 Å². The average molecular weight is 221 g/mol. The summed E-state index contributed by atoms with van der Waals surface area (Å²) in [5.74, 6) is 0.192. The summed E-state index contributed by atoms with van der Waals surface area (Å²) < 4.78 is 0. The fraction of sp³-hybridized carbons (Fsp3) is 0.417. The van der Waals surface area contributed by atoms with Crippen LogP contribution in [0, 0.1) is 0 Å². The van der Waals surface area contributed by atoms with E-state index in [2.05, 4.69) is 0 Å². The Balaban J connectivity index is 2.24. The first-order chi connectivity index (χ1) is 7.33. The van der Waals surface area contributed by atoms with Crippen LogP contribution in [0.1, 0.15) is 23.2 Å². The van der Waals surface area contributed by atoms with E-state index in [9.17, 15) is 4.79 Å². The van der Waals surface area contributed by atoms with Crippen LogP contribution < -0.4 is 0 Å². The van der Waals surface area contributed by atoms with Crippen LogP contribution >= 0.6 is 11.8 Å². The summed E-state index contributed by atoms with van der Waals surface area (Å²) in [5, 5.41) is 0. The Morgan fingerprint density at radius 2 is 1.93 bits per heavy atom. The molecule has 1 aliphatic rings. The molecular weight excluding hydrogens is 206 g/mol. The first-order valence-electron chi connectivity index (χ1n) is 5.25. The minimum Gasteiger partial charge on any atom is -0.339 e. The highest BCUT2D eigenvalue weighted by molar-refractivity contribution is 7.98. The Bertz CT molecular complexity index is 358. The molecule has 1 amide bonds. The van der Waals surface area contributed by atoms with Gasteiger partial charge in [0, 0.05) is 18.0 Å². The number of hydrogen-bond donors (Lipinski definition) is 0. The number of likely N-dealkylation sites (tertiary alicyclic amines) is 1. The maximum atomic E-state index is 12.1. The molecule has 1 fully saturated rings. The van der Waals surface area contributed by atoms with Crippen molar-refractivity contribution in [2.75, 3.05) is 19.3 Å². The zero-order valence-corrected chi connectivity index (χ0v) is 9.72. The van der Waals surface area contributed by atoms with Crippen molar-refractivity contribution in [3.63, 3.8) is 0 Å². The maximum Gasteiger partial charge on any atom is 0.254 e. The molecule has 0 N–H and O–H groups in total. The van der Waals surface area contributed by atoms with E-state index in [1.807, 2.05) is 35.4 Å². The molecule has 3 heteroatoms. The Hall–Kier alpha value is -0.960. The SMILES string of the molecule is CSc1ccccc1C(=O)N1CCCC1. The van der Waals surface area contributed by atoms with Crippen molar-refractivity contribution in [1.82, 2.24) is 4.90 Å². The van der Waals surface area contributed by atoms with Crippen LogP contribution in [-0.4, -0.2) is 30.2 Å². The number of rotatable bonds is 2. The van der Waals surface area contributed by atoms with Gasteiger partial charge in [0.25, 0.3) is 5.91 Å². The highest BCUT2D eigenvalue weighted by Gasteiger charge is 2.20. The van der Waals surface area contributed by atoms with Crippen LogP contribution in [0.3, 0.4) is 0 Å². The number of benzene rings is 1. The normalized spacial score (nSPS) is 15.7. The largest absolute Gasteiger partial charge is 0.339 e. The molecule has 15 heavy (non-hydrogen) atoms. The molecule has 0 aliphatic carbocycles. The summed E-state index contributed by atoms with van der Waals surface area (Å²) in [6.07, 6.45) is 4.30. The second-order valence-corrected chi connectivity index (χ2v) is 4.55. The molecule has 2 nitrogen and oxygen atoms in total. The minimum absolute atomic E-state index is 0.192. The van der Waals surface area contributed by atoms with Gasteiger partial charge in [-0.05, 0) is 31.2 Å². The van der Waals surface area contributed by atoms with Crippen LogP contribution in [0.25, 0.3) is 0 Å². The molecule has 80 valence electrons. The van der Waals surface area contributed by atoms with Crippen molar-refractivity contribution >= 4 is 17.7 Å². The van der Waals surface area contributed by atoms with E-state index >= 15 is 0 Å². The Labute approximate surface area is 94.7 Å². The van der Waals surface area contributed by atoms with E-state index in [1.54, 1.807) is 11.8 Å². The van der Waals surface area contributed by atoms with Crippen molar-refractivity contribution in [3.05, 3.63) is 29.8 Å². The van der Waals surface area contributed by atoms with Gasteiger partial charge in [-0.3, -0.25) is 4.79 Å². The Morgan fingerprint density at radius 1 is 1.27 bits per heavy atom. The molecule has 0 unspecified atom stereocenters. The number of carbonyl (C=O) groups is 1. The standard InChI is InChI=1S/C12H15NOS/c1-15-11-7-3-2-6-10(11)12(14)13-8-4-5-9-13/h2-3,6-7H,4-5,8-9H2,1H3. The van der Waals surface area contributed by atoms with Gasteiger partial charge in [-0.25, -0.2) is 0 Å². The van der Waals surface area contributed by atoms with Gasteiger partial charge in [0.2, 0.25) is 0 Å².